The lowest BCUT2D eigenvalue weighted by atomic mass is 10.1. The summed E-state index contributed by atoms with van der Waals surface area (Å²) in [6, 6.07) is 3.23. The molecule has 0 aliphatic carbocycles. The quantitative estimate of drug-likeness (QED) is 0.574. The van der Waals surface area contributed by atoms with Gasteiger partial charge >= 0.3 is 12.0 Å². The predicted molar refractivity (Wildman–Crippen MR) is 85.7 cm³/mol. The van der Waals surface area contributed by atoms with Crippen molar-refractivity contribution in [1.29, 1.82) is 0 Å². The van der Waals surface area contributed by atoms with Crippen molar-refractivity contribution in [2.24, 2.45) is 0 Å². The van der Waals surface area contributed by atoms with E-state index in [1.807, 2.05) is 6.92 Å². The van der Waals surface area contributed by atoms with Crippen LogP contribution in [0.25, 0.3) is 0 Å². The number of amides is 3. The number of hydrogen-bond acceptors (Lipinski definition) is 3. The van der Waals surface area contributed by atoms with Gasteiger partial charge in [-0.3, -0.25) is 9.59 Å². The van der Waals surface area contributed by atoms with E-state index in [0.29, 0.717) is 18.4 Å². The predicted octanol–water partition coefficient (Wildman–Crippen LogP) is 1.38. The van der Waals surface area contributed by atoms with Crippen LogP contribution >= 0.6 is 0 Å². The van der Waals surface area contributed by atoms with Crippen molar-refractivity contribution in [1.82, 2.24) is 16.0 Å². The minimum atomic E-state index is -1.15. The molecule has 0 saturated carbocycles. The van der Waals surface area contributed by atoms with Gasteiger partial charge in [0.2, 0.25) is 5.91 Å². The summed E-state index contributed by atoms with van der Waals surface area (Å²) in [4.78, 5) is 34.7. The molecule has 0 saturated heterocycles. The summed E-state index contributed by atoms with van der Waals surface area (Å²) < 4.78 is 12.8. The molecule has 3 amide bonds. The number of carboxylic acids is 1. The van der Waals surface area contributed by atoms with Gasteiger partial charge in [-0.15, -0.1) is 0 Å². The fourth-order valence-corrected chi connectivity index (χ4v) is 1.93. The molecule has 1 aromatic carbocycles. The van der Waals surface area contributed by atoms with Crippen molar-refractivity contribution in [3.63, 3.8) is 0 Å². The smallest absolute Gasteiger partial charge is 0.325 e. The van der Waals surface area contributed by atoms with E-state index in [4.69, 9.17) is 5.11 Å². The van der Waals surface area contributed by atoms with Crippen molar-refractivity contribution in [2.45, 2.75) is 45.3 Å². The first kappa shape index (κ1) is 19.4. The van der Waals surface area contributed by atoms with E-state index in [9.17, 15) is 18.8 Å². The zero-order chi connectivity index (χ0) is 18.1. The highest BCUT2D eigenvalue weighted by molar-refractivity contribution is 5.89. The lowest BCUT2D eigenvalue weighted by Gasteiger charge is -2.19. The van der Waals surface area contributed by atoms with Crippen LogP contribution in [0.1, 0.15) is 32.3 Å². The normalized spacial score (nSPS) is 12.8. The topological polar surface area (TPSA) is 108 Å². The van der Waals surface area contributed by atoms with Gasteiger partial charge in [0.15, 0.2) is 0 Å². The molecule has 0 heterocycles. The Morgan fingerprint density at radius 3 is 2.33 bits per heavy atom. The van der Waals surface area contributed by atoms with E-state index in [0.717, 1.165) is 0 Å². The first-order chi connectivity index (χ1) is 11.3. The van der Waals surface area contributed by atoms with Crippen molar-refractivity contribution >= 4 is 17.9 Å². The molecule has 2 atom stereocenters. The van der Waals surface area contributed by atoms with Gasteiger partial charge in [-0.25, -0.2) is 9.18 Å². The van der Waals surface area contributed by atoms with Crippen LogP contribution in [0.2, 0.25) is 0 Å². The minimum Gasteiger partial charge on any atom is -0.480 e. The van der Waals surface area contributed by atoms with Crippen LogP contribution in [0.4, 0.5) is 9.18 Å². The molecule has 0 aliphatic heterocycles. The molecule has 1 aromatic rings. The lowest BCUT2D eigenvalue weighted by molar-refractivity contribution is -0.141. The Morgan fingerprint density at radius 2 is 1.79 bits per heavy atom. The molecule has 7 nitrogen and oxygen atoms in total. The first-order valence-corrected chi connectivity index (χ1v) is 7.65. The number of benzene rings is 1. The van der Waals surface area contributed by atoms with E-state index in [1.165, 1.54) is 19.1 Å². The molecule has 0 bridgehead atoms. The van der Waals surface area contributed by atoms with Crippen LogP contribution in [-0.2, 0) is 16.1 Å². The Morgan fingerprint density at radius 1 is 1.17 bits per heavy atom. The summed E-state index contributed by atoms with van der Waals surface area (Å²) >= 11 is 0. The third kappa shape index (κ3) is 6.64. The van der Waals surface area contributed by atoms with Gasteiger partial charge in [0, 0.05) is 6.54 Å². The Labute approximate surface area is 139 Å². The largest absolute Gasteiger partial charge is 0.480 e. The van der Waals surface area contributed by atoms with Gasteiger partial charge < -0.3 is 21.1 Å². The van der Waals surface area contributed by atoms with E-state index in [1.54, 1.807) is 12.1 Å². The second-order valence-corrected chi connectivity index (χ2v) is 5.36. The number of carbonyl (C=O) groups excluding carboxylic acids is 2. The second-order valence-electron chi connectivity index (χ2n) is 5.36. The molecule has 8 heteroatoms. The number of urea groups is 1. The standard InChI is InChI=1S/C16H22FN3O4/c1-3-4-13(14(21)19-10(2)15(22)23)20-16(24)18-9-11-5-7-12(17)8-6-11/h5-8,10,13H,3-4,9H2,1-2H3,(H,19,21)(H,22,23)(H2,18,20,24). The number of aliphatic carboxylic acids is 1. The highest BCUT2D eigenvalue weighted by Gasteiger charge is 2.23. The SMILES string of the molecule is CCCC(NC(=O)NCc1ccc(F)cc1)C(=O)NC(C)C(=O)O. The number of carboxylic acid groups (broad SMARTS) is 1. The highest BCUT2D eigenvalue weighted by Crippen LogP contribution is 2.02. The molecular weight excluding hydrogens is 317 g/mol. The summed E-state index contributed by atoms with van der Waals surface area (Å²) in [5, 5.41) is 16.2. The van der Waals surface area contributed by atoms with Crippen LogP contribution in [0.15, 0.2) is 24.3 Å². The fraction of sp³-hybridized carbons (Fsp3) is 0.438. The Kier molecular flexibility index (Phi) is 7.67. The van der Waals surface area contributed by atoms with Crippen molar-refractivity contribution in [3.8, 4) is 0 Å². The zero-order valence-corrected chi connectivity index (χ0v) is 13.6. The van der Waals surface area contributed by atoms with Crippen LogP contribution in [0.5, 0.6) is 0 Å². The Balaban J connectivity index is 2.53. The number of nitrogens with one attached hydrogen (secondary N) is 3. The van der Waals surface area contributed by atoms with Gasteiger partial charge in [0.05, 0.1) is 0 Å². The van der Waals surface area contributed by atoms with Gasteiger partial charge in [0.25, 0.3) is 0 Å². The molecule has 0 aliphatic rings. The van der Waals surface area contributed by atoms with Crippen molar-refractivity contribution in [2.75, 3.05) is 0 Å². The number of hydrogen-bond donors (Lipinski definition) is 4. The average Bonchev–Trinajstić information content (AvgIpc) is 2.53. The van der Waals surface area contributed by atoms with Crippen LogP contribution < -0.4 is 16.0 Å². The van der Waals surface area contributed by atoms with E-state index >= 15 is 0 Å². The summed E-state index contributed by atoms with van der Waals surface area (Å²) in [5.41, 5.74) is 0.711. The van der Waals surface area contributed by atoms with Gasteiger partial charge in [-0.2, -0.15) is 0 Å². The molecule has 2 unspecified atom stereocenters. The summed E-state index contributed by atoms with van der Waals surface area (Å²) in [5.74, 6) is -2.07. The second kappa shape index (κ2) is 9.49. The maximum absolute atomic E-state index is 12.8. The molecule has 24 heavy (non-hydrogen) atoms. The number of halogens is 1. The van der Waals surface area contributed by atoms with Crippen molar-refractivity contribution < 1.29 is 23.9 Å². The Bertz CT molecular complexity index is 577. The summed E-state index contributed by atoms with van der Waals surface area (Å²) in [6.07, 6.45) is 1.01. The first-order valence-electron chi connectivity index (χ1n) is 7.65. The van der Waals surface area contributed by atoms with E-state index in [2.05, 4.69) is 16.0 Å². The third-order valence-electron chi connectivity index (χ3n) is 3.29. The van der Waals surface area contributed by atoms with Crippen LogP contribution in [0, 0.1) is 5.82 Å². The molecule has 0 spiro atoms. The average molecular weight is 339 g/mol. The summed E-state index contributed by atoms with van der Waals surface area (Å²) in [6.45, 7) is 3.37. The van der Waals surface area contributed by atoms with Gasteiger partial charge in [-0.1, -0.05) is 25.5 Å². The molecule has 0 aromatic heterocycles. The monoisotopic (exact) mass is 339 g/mol. The Hall–Kier alpha value is -2.64. The summed E-state index contributed by atoms with van der Waals surface area (Å²) in [7, 11) is 0. The van der Waals surface area contributed by atoms with Crippen LogP contribution in [-0.4, -0.2) is 35.1 Å². The van der Waals surface area contributed by atoms with Gasteiger partial charge in [0.1, 0.15) is 17.9 Å². The van der Waals surface area contributed by atoms with Crippen LogP contribution in [0.3, 0.4) is 0 Å². The maximum Gasteiger partial charge on any atom is 0.325 e. The number of carbonyl (C=O) groups is 3. The molecule has 4 N–H and O–H groups in total. The zero-order valence-electron chi connectivity index (χ0n) is 13.6. The third-order valence-corrected chi connectivity index (χ3v) is 3.29. The lowest BCUT2D eigenvalue weighted by Crippen LogP contribution is -2.52. The maximum atomic E-state index is 12.8. The molecule has 0 radical (unpaired) electrons. The van der Waals surface area contributed by atoms with E-state index < -0.39 is 30.0 Å². The van der Waals surface area contributed by atoms with Crippen molar-refractivity contribution in [3.05, 3.63) is 35.6 Å². The van der Waals surface area contributed by atoms with E-state index in [-0.39, 0.29) is 12.4 Å². The molecular formula is C16H22FN3O4. The molecule has 1 rings (SSSR count). The fourth-order valence-electron chi connectivity index (χ4n) is 1.93. The number of rotatable bonds is 8. The highest BCUT2D eigenvalue weighted by atomic mass is 19.1. The minimum absolute atomic E-state index is 0.179. The molecule has 132 valence electrons. The molecule has 0 fully saturated rings. The van der Waals surface area contributed by atoms with Gasteiger partial charge in [-0.05, 0) is 31.0 Å².